The Morgan fingerprint density at radius 1 is 1.22 bits per heavy atom. The van der Waals surface area contributed by atoms with Crippen LogP contribution < -0.4 is 4.80 Å². The Labute approximate surface area is 169 Å². The van der Waals surface area contributed by atoms with Gasteiger partial charge in [-0.05, 0) is 42.5 Å². The zero-order valence-corrected chi connectivity index (χ0v) is 17.2. The minimum atomic E-state index is -0.387. The molecule has 1 aromatic heterocycles. The largest absolute Gasteiger partial charge is 0.465 e. The van der Waals surface area contributed by atoms with Crippen LogP contribution in [0.4, 0.5) is 0 Å². The number of hydrogen-bond acceptors (Lipinski definition) is 5. The maximum absolute atomic E-state index is 12.2. The topological polar surface area (TPSA) is 60.7 Å². The number of ether oxygens (including phenoxy) is 1. The van der Waals surface area contributed by atoms with Crippen molar-refractivity contribution in [3.8, 4) is 0 Å². The van der Waals surface area contributed by atoms with E-state index in [1.165, 1.54) is 18.4 Å². The van der Waals surface area contributed by atoms with Crippen LogP contribution in [0.5, 0.6) is 0 Å². The van der Waals surface area contributed by atoms with E-state index >= 15 is 0 Å². The zero-order valence-electron chi connectivity index (χ0n) is 14.8. The Kier molecular flexibility index (Phi) is 6.36. The fraction of sp³-hybridized carbons (Fsp3) is 0.211. The fourth-order valence-corrected chi connectivity index (χ4v) is 4.48. The summed E-state index contributed by atoms with van der Waals surface area (Å²) in [7, 11) is 3.20. The van der Waals surface area contributed by atoms with Crippen LogP contribution >= 0.6 is 34.7 Å². The van der Waals surface area contributed by atoms with Crippen LogP contribution in [0.1, 0.15) is 16.8 Å². The van der Waals surface area contributed by atoms with Gasteiger partial charge in [0.05, 0.1) is 22.9 Å². The number of thioether (sulfide) groups is 1. The van der Waals surface area contributed by atoms with E-state index in [0.717, 1.165) is 15.1 Å². The van der Waals surface area contributed by atoms with Gasteiger partial charge in [0, 0.05) is 29.1 Å². The third-order valence-electron chi connectivity index (χ3n) is 3.85. The molecule has 0 N–H and O–H groups in total. The molecule has 27 heavy (non-hydrogen) atoms. The third-order valence-corrected chi connectivity index (χ3v) is 6.21. The molecular weight excluding hydrogens is 404 g/mol. The van der Waals surface area contributed by atoms with Gasteiger partial charge in [-0.1, -0.05) is 22.9 Å². The minimum Gasteiger partial charge on any atom is -0.465 e. The van der Waals surface area contributed by atoms with Gasteiger partial charge in [-0.2, -0.15) is 4.99 Å². The van der Waals surface area contributed by atoms with Crippen LogP contribution in [-0.4, -0.2) is 29.3 Å². The van der Waals surface area contributed by atoms with E-state index in [-0.39, 0.29) is 11.9 Å². The van der Waals surface area contributed by atoms with Crippen LogP contribution in [0.2, 0.25) is 5.02 Å². The molecule has 0 spiro atoms. The quantitative estimate of drug-likeness (QED) is 0.456. The summed E-state index contributed by atoms with van der Waals surface area (Å²) in [4.78, 5) is 29.8. The van der Waals surface area contributed by atoms with E-state index in [1.807, 2.05) is 41.9 Å². The second kappa shape index (κ2) is 8.73. The Bertz CT molecular complexity index is 1050. The number of thiazole rings is 1. The molecule has 0 radical (unpaired) electrons. The number of rotatable bonds is 5. The summed E-state index contributed by atoms with van der Waals surface area (Å²) in [5.74, 6) is 0.0824. The SMILES string of the molecule is COC(=O)c1ccc2c(c1)sc(=NC(=O)CCSc1ccc(Cl)cc1)n2C. The number of aromatic nitrogens is 1. The van der Waals surface area contributed by atoms with E-state index in [1.54, 1.807) is 23.9 Å². The highest BCUT2D eigenvalue weighted by Gasteiger charge is 2.10. The van der Waals surface area contributed by atoms with E-state index in [4.69, 9.17) is 16.3 Å². The Hall–Kier alpha value is -2.09. The van der Waals surface area contributed by atoms with E-state index < -0.39 is 0 Å². The second-order valence-electron chi connectivity index (χ2n) is 5.68. The molecule has 0 atom stereocenters. The molecule has 2 aromatic carbocycles. The molecule has 0 fully saturated rings. The maximum atomic E-state index is 12.2. The first-order valence-corrected chi connectivity index (χ1v) is 10.3. The number of esters is 1. The van der Waals surface area contributed by atoms with E-state index in [9.17, 15) is 9.59 Å². The third kappa shape index (κ3) is 4.80. The fourth-order valence-electron chi connectivity index (χ4n) is 2.44. The number of benzene rings is 2. The first-order chi connectivity index (χ1) is 13.0. The van der Waals surface area contributed by atoms with Gasteiger partial charge in [-0.25, -0.2) is 4.79 Å². The Morgan fingerprint density at radius 3 is 2.67 bits per heavy atom. The molecule has 0 unspecified atom stereocenters. The summed E-state index contributed by atoms with van der Waals surface area (Å²) < 4.78 is 7.48. The maximum Gasteiger partial charge on any atom is 0.337 e. The number of halogens is 1. The Balaban J connectivity index is 1.72. The molecule has 0 bridgehead atoms. The van der Waals surface area contributed by atoms with Crippen molar-refractivity contribution in [2.75, 3.05) is 12.9 Å². The monoisotopic (exact) mass is 420 g/mol. The molecule has 0 aliphatic rings. The predicted octanol–water partition coefficient (Wildman–Crippen LogP) is 4.29. The smallest absolute Gasteiger partial charge is 0.337 e. The summed E-state index contributed by atoms with van der Waals surface area (Å²) in [5.41, 5.74) is 1.39. The number of aryl methyl sites for hydroxylation is 1. The number of fused-ring (bicyclic) bond motifs is 1. The lowest BCUT2D eigenvalue weighted by Crippen LogP contribution is -2.13. The van der Waals surface area contributed by atoms with Crippen molar-refractivity contribution in [2.24, 2.45) is 12.0 Å². The van der Waals surface area contributed by atoms with Crippen molar-refractivity contribution in [1.82, 2.24) is 4.57 Å². The molecule has 8 heteroatoms. The summed E-state index contributed by atoms with van der Waals surface area (Å²) >= 11 is 8.83. The molecule has 3 aromatic rings. The Morgan fingerprint density at radius 2 is 1.96 bits per heavy atom. The lowest BCUT2D eigenvalue weighted by atomic mass is 10.2. The standard InChI is InChI=1S/C19H17ClN2O3S2/c1-22-15-8-3-12(18(24)25-2)11-16(15)27-19(22)21-17(23)9-10-26-14-6-4-13(20)5-7-14/h3-8,11H,9-10H2,1-2H3. The van der Waals surface area contributed by atoms with Gasteiger partial charge in [0.15, 0.2) is 4.80 Å². The highest BCUT2D eigenvalue weighted by atomic mass is 35.5. The average Bonchev–Trinajstić information content (AvgIpc) is 2.97. The number of methoxy groups -OCH3 is 1. The minimum absolute atomic E-state index is 0.174. The van der Waals surface area contributed by atoms with Gasteiger partial charge in [0.1, 0.15) is 0 Å². The van der Waals surface area contributed by atoms with Crippen LogP contribution in [-0.2, 0) is 16.6 Å². The highest BCUT2D eigenvalue weighted by Crippen LogP contribution is 2.21. The summed E-state index contributed by atoms with van der Waals surface area (Å²) in [6.07, 6.45) is 0.342. The van der Waals surface area contributed by atoms with Gasteiger partial charge in [0.2, 0.25) is 5.91 Å². The first kappa shape index (κ1) is 19.7. The van der Waals surface area contributed by atoms with Gasteiger partial charge in [0.25, 0.3) is 0 Å². The number of amides is 1. The van der Waals surface area contributed by atoms with Crippen molar-refractivity contribution in [3.05, 3.63) is 57.9 Å². The number of carbonyl (C=O) groups excluding carboxylic acids is 2. The first-order valence-electron chi connectivity index (χ1n) is 8.12. The number of nitrogens with zero attached hydrogens (tertiary/aromatic N) is 2. The van der Waals surface area contributed by atoms with Gasteiger partial charge < -0.3 is 9.30 Å². The molecule has 0 saturated heterocycles. The van der Waals surface area contributed by atoms with Crippen LogP contribution in [0, 0.1) is 0 Å². The molecule has 5 nitrogen and oxygen atoms in total. The van der Waals surface area contributed by atoms with Crippen molar-refractivity contribution >= 4 is 56.8 Å². The predicted molar refractivity (Wildman–Crippen MR) is 109 cm³/mol. The van der Waals surface area contributed by atoms with Crippen LogP contribution in [0.15, 0.2) is 52.4 Å². The van der Waals surface area contributed by atoms with Crippen LogP contribution in [0.3, 0.4) is 0 Å². The molecule has 1 heterocycles. The van der Waals surface area contributed by atoms with Crippen molar-refractivity contribution in [2.45, 2.75) is 11.3 Å². The molecule has 0 saturated carbocycles. The normalized spacial score (nSPS) is 11.7. The summed E-state index contributed by atoms with van der Waals surface area (Å²) in [6, 6.07) is 12.8. The van der Waals surface area contributed by atoms with E-state index in [2.05, 4.69) is 4.99 Å². The average molecular weight is 421 g/mol. The van der Waals surface area contributed by atoms with Crippen LogP contribution in [0.25, 0.3) is 10.2 Å². The molecule has 0 aliphatic carbocycles. The van der Waals surface area contributed by atoms with Crippen molar-refractivity contribution in [1.29, 1.82) is 0 Å². The summed E-state index contributed by atoms with van der Waals surface area (Å²) in [6.45, 7) is 0. The molecule has 3 rings (SSSR count). The van der Waals surface area contributed by atoms with Gasteiger partial charge >= 0.3 is 5.97 Å². The molecule has 0 aliphatic heterocycles. The van der Waals surface area contributed by atoms with Crippen molar-refractivity contribution < 1.29 is 14.3 Å². The van der Waals surface area contributed by atoms with Gasteiger partial charge in [-0.3, -0.25) is 4.79 Å². The molecule has 140 valence electrons. The molecule has 1 amide bonds. The second-order valence-corrected chi connectivity index (χ2v) is 8.29. The zero-order chi connectivity index (χ0) is 19.4. The number of carbonyl (C=O) groups is 2. The van der Waals surface area contributed by atoms with E-state index in [0.29, 0.717) is 27.6 Å². The highest BCUT2D eigenvalue weighted by molar-refractivity contribution is 7.99. The van der Waals surface area contributed by atoms with Crippen molar-refractivity contribution in [3.63, 3.8) is 0 Å². The number of hydrogen-bond donors (Lipinski definition) is 0. The summed E-state index contributed by atoms with van der Waals surface area (Å²) in [5, 5.41) is 0.693. The molecular formula is C19H17ClN2O3S2. The van der Waals surface area contributed by atoms with Gasteiger partial charge in [-0.15, -0.1) is 11.8 Å². The lowest BCUT2D eigenvalue weighted by molar-refractivity contribution is -0.117. The lowest BCUT2D eigenvalue weighted by Gasteiger charge is -2.00.